The van der Waals surface area contributed by atoms with Crippen LogP contribution < -0.4 is 4.90 Å². The fraction of sp³-hybridized carbons (Fsp3) is 0.0323. The van der Waals surface area contributed by atoms with E-state index >= 15 is 0 Å². The number of hydrogen-bond donors (Lipinski definition) is 0. The van der Waals surface area contributed by atoms with E-state index in [0.29, 0.717) is 0 Å². The van der Waals surface area contributed by atoms with Gasteiger partial charge in [-0.2, -0.15) is 0 Å². The first kappa shape index (κ1) is 36.8. The lowest BCUT2D eigenvalue weighted by atomic mass is 9.73. The molecule has 0 bridgehead atoms. The molecule has 0 heterocycles. The van der Waals surface area contributed by atoms with Crippen LogP contribution in [0.5, 0.6) is 0 Å². The molecule has 0 amide bonds. The summed E-state index contributed by atoms with van der Waals surface area (Å²) < 4.78 is 0. The van der Waals surface area contributed by atoms with Crippen LogP contribution in [-0.2, 0) is 5.41 Å². The minimum Gasteiger partial charge on any atom is -0.310 e. The Morgan fingerprint density at radius 2 is 0.857 bits per heavy atom. The lowest BCUT2D eigenvalue weighted by Gasteiger charge is -2.35. The summed E-state index contributed by atoms with van der Waals surface area (Å²) >= 11 is 0. The Balaban J connectivity index is 1.16. The average molecular weight is 802 g/mol. The fourth-order valence-electron chi connectivity index (χ4n) is 10.7. The predicted octanol–water partition coefficient (Wildman–Crippen LogP) is 17.0. The zero-order valence-electron chi connectivity index (χ0n) is 35.0. The minimum absolute atomic E-state index is 0.409. The third kappa shape index (κ3) is 5.85. The Morgan fingerprint density at radius 1 is 0.333 bits per heavy atom. The van der Waals surface area contributed by atoms with Crippen molar-refractivity contribution in [3.63, 3.8) is 0 Å². The highest BCUT2D eigenvalue weighted by molar-refractivity contribution is 6.22. The molecule has 0 aromatic heterocycles. The number of hydrogen-bond acceptors (Lipinski definition) is 1. The number of nitrogens with zero attached hydrogens (tertiary/aromatic N) is 1. The van der Waals surface area contributed by atoms with Gasteiger partial charge in [-0.1, -0.05) is 212 Å². The van der Waals surface area contributed by atoms with Crippen LogP contribution in [0.2, 0.25) is 0 Å². The molecule has 1 aliphatic carbocycles. The van der Waals surface area contributed by atoms with Crippen LogP contribution in [0.4, 0.5) is 17.1 Å². The lowest BCUT2D eigenvalue weighted by molar-refractivity contribution is 0.714. The number of fused-ring (bicyclic) bond motifs is 7. The Labute approximate surface area is 368 Å². The topological polar surface area (TPSA) is 3.24 Å². The second-order valence-corrected chi connectivity index (χ2v) is 16.9. The molecular formula is C62H43N. The molecule has 296 valence electrons. The van der Waals surface area contributed by atoms with Gasteiger partial charge in [0.05, 0.1) is 5.69 Å². The molecule has 0 N–H and O–H groups in total. The van der Waals surface area contributed by atoms with Crippen molar-refractivity contribution in [2.75, 3.05) is 4.90 Å². The van der Waals surface area contributed by atoms with E-state index in [1.165, 1.54) is 93.5 Å². The molecule has 12 rings (SSSR count). The van der Waals surface area contributed by atoms with Crippen LogP contribution in [0.1, 0.15) is 23.6 Å². The molecule has 1 heteroatoms. The first-order valence-electron chi connectivity index (χ1n) is 21.9. The molecule has 1 unspecified atom stereocenters. The maximum atomic E-state index is 2.52. The second kappa shape index (κ2) is 14.9. The van der Waals surface area contributed by atoms with Crippen molar-refractivity contribution in [1.82, 2.24) is 0 Å². The van der Waals surface area contributed by atoms with Crippen LogP contribution in [0, 0.1) is 0 Å². The minimum atomic E-state index is -0.409. The van der Waals surface area contributed by atoms with Gasteiger partial charge in [-0.15, -0.1) is 0 Å². The summed E-state index contributed by atoms with van der Waals surface area (Å²) in [5, 5.41) is 7.45. The highest BCUT2D eigenvalue weighted by Gasteiger charge is 2.43. The first-order chi connectivity index (χ1) is 31.2. The third-order valence-electron chi connectivity index (χ3n) is 13.5. The van der Waals surface area contributed by atoms with Crippen LogP contribution in [-0.4, -0.2) is 0 Å². The van der Waals surface area contributed by atoms with Gasteiger partial charge < -0.3 is 4.90 Å². The standard InChI is InChI=1S/C62H43N/c1-62(46-25-9-4-10-26-46)57-33-16-15-29-53(57)55-32-18-34-58(61(55)62)63(47-37-35-43(36-38-47)50-31-17-24-42-19-11-12-27-49(42)50)48-39-40-52-51-28-13-14-30-54(51)59(44-20-5-2-6-21-44)60(56(52)41-48)45-22-7-3-8-23-45/h2-41H,1H3. The van der Waals surface area contributed by atoms with E-state index < -0.39 is 5.41 Å². The third-order valence-corrected chi connectivity index (χ3v) is 13.5. The van der Waals surface area contributed by atoms with Crippen LogP contribution in [0.15, 0.2) is 243 Å². The zero-order valence-corrected chi connectivity index (χ0v) is 35.0. The summed E-state index contributed by atoms with van der Waals surface area (Å²) in [6.45, 7) is 2.42. The predicted molar refractivity (Wildman–Crippen MR) is 267 cm³/mol. The highest BCUT2D eigenvalue weighted by atomic mass is 15.1. The largest absolute Gasteiger partial charge is 0.310 e. The van der Waals surface area contributed by atoms with Gasteiger partial charge in [0.25, 0.3) is 0 Å². The van der Waals surface area contributed by atoms with E-state index in [9.17, 15) is 0 Å². The molecule has 1 nitrogen and oxygen atoms in total. The van der Waals surface area contributed by atoms with Crippen LogP contribution >= 0.6 is 0 Å². The maximum Gasteiger partial charge on any atom is 0.0512 e. The maximum absolute atomic E-state index is 2.52. The summed E-state index contributed by atoms with van der Waals surface area (Å²) in [4.78, 5) is 2.52. The number of benzene rings is 11. The number of rotatable bonds is 7. The van der Waals surface area contributed by atoms with Gasteiger partial charge in [-0.05, 0) is 131 Å². The van der Waals surface area contributed by atoms with Gasteiger partial charge in [0.15, 0.2) is 0 Å². The zero-order chi connectivity index (χ0) is 41.9. The van der Waals surface area contributed by atoms with Gasteiger partial charge in [-0.3, -0.25) is 0 Å². The van der Waals surface area contributed by atoms with E-state index in [2.05, 4.69) is 254 Å². The quantitative estimate of drug-likeness (QED) is 0.145. The molecule has 0 radical (unpaired) electrons. The summed E-state index contributed by atoms with van der Waals surface area (Å²) in [5.41, 5.74) is 16.8. The van der Waals surface area contributed by atoms with Crippen molar-refractivity contribution >= 4 is 49.4 Å². The van der Waals surface area contributed by atoms with E-state index in [4.69, 9.17) is 0 Å². The lowest BCUT2D eigenvalue weighted by Crippen LogP contribution is -2.25. The monoisotopic (exact) mass is 801 g/mol. The van der Waals surface area contributed by atoms with E-state index in [-0.39, 0.29) is 0 Å². The molecule has 0 aliphatic heterocycles. The Morgan fingerprint density at radius 3 is 1.60 bits per heavy atom. The first-order valence-corrected chi connectivity index (χ1v) is 21.9. The van der Waals surface area contributed by atoms with Crippen molar-refractivity contribution in [1.29, 1.82) is 0 Å². The molecule has 0 spiro atoms. The SMILES string of the molecule is CC1(c2ccccc2)c2ccccc2-c2cccc(N(c3ccc(-c4cccc5ccccc45)cc3)c3ccc4c(c3)c(-c3ccccc3)c(-c3ccccc3)c3ccccc34)c21. The van der Waals surface area contributed by atoms with Crippen molar-refractivity contribution in [2.45, 2.75) is 12.3 Å². The molecule has 0 saturated heterocycles. The van der Waals surface area contributed by atoms with Crippen molar-refractivity contribution in [3.05, 3.63) is 259 Å². The van der Waals surface area contributed by atoms with Gasteiger partial charge in [-0.25, -0.2) is 0 Å². The molecule has 0 saturated carbocycles. The van der Waals surface area contributed by atoms with E-state index in [0.717, 1.165) is 17.1 Å². The van der Waals surface area contributed by atoms with Crippen LogP contribution in [0.3, 0.4) is 0 Å². The molecule has 11 aromatic rings. The fourth-order valence-corrected chi connectivity index (χ4v) is 10.7. The van der Waals surface area contributed by atoms with Crippen molar-refractivity contribution < 1.29 is 0 Å². The second-order valence-electron chi connectivity index (χ2n) is 16.9. The Hall–Kier alpha value is -8.00. The van der Waals surface area contributed by atoms with E-state index in [1.54, 1.807) is 0 Å². The average Bonchev–Trinajstić information content (AvgIpc) is 3.63. The molecule has 11 aromatic carbocycles. The van der Waals surface area contributed by atoms with Gasteiger partial charge >= 0.3 is 0 Å². The van der Waals surface area contributed by atoms with Crippen molar-refractivity contribution in [2.24, 2.45) is 0 Å². The number of anilines is 3. The van der Waals surface area contributed by atoms with Crippen LogP contribution in [0.25, 0.3) is 76.8 Å². The Kier molecular flexibility index (Phi) is 8.69. The summed E-state index contributed by atoms with van der Waals surface area (Å²) in [7, 11) is 0. The molecule has 1 atom stereocenters. The smallest absolute Gasteiger partial charge is 0.0512 e. The summed E-state index contributed by atoms with van der Waals surface area (Å²) in [6, 6.07) is 89.4. The molecule has 0 fully saturated rings. The van der Waals surface area contributed by atoms with Gasteiger partial charge in [0, 0.05) is 16.8 Å². The van der Waals surface area contributed by atoms with Gasteiger partial charge in [0.2, 0.25) is 0 Å². The summed E-state index contributed by atoms with van der Waals surface area (Å²) in [6.07, 6.45) is 0. The normalized spacial score (nSPS) is 14.2. The highest BCUT2D eigenvalue weighted by Crippen LogP contribution is 2.57. The van der Waals surface area contributed by atoms with Gasteiger partial charge in [0.1, 0.15) is 0 Å². The Bertz CT molecular complexity index is 3490. The molecule has 63 heavy (non-hydrogen) atoms. The van der Waals surface area contributed by atoms with E-state index in [1.807, 2.05) is 0 Å². The molecular weight excluding hydrogens is 759 g/mol. The molecule has 1 aliphatic rings. The summed E-state index contributed by atoms with van der Waals surface area (Å²) in [5.74, 6) is 0. The van der Waals surface area contributed by atoms with Crippen molar-refractivity contribution in [3.8, 4) is 44.5 Å².